The van der Waals surface area contributed by atoms with Crippen molar-refractivity contribution in [1.82, 2.24) is 9.80 Å². The minimum Gasteiger partial charge on any atom is -0.380 e. The van der Waals surface area contributed by atoms with Crippen LogP contribution in [-0.4, -0.2) is 58.5 Å². The summed E-state index contributed by atoms with van der Waals surface area (Å²) in [4.78, 5) is 28.7. The Morgan fingerprint density at radius 2 is 1.40 bits per heavy atom. The fraction of sp³-hybridized carbons (Fsp3) is 0.280. The molecule has 3 aromatic rings. The molecule has 1 N–H and O–H groups in total. The van der Waals surface area contributed by atoms with E-state index in [1.807, 2.05) is 36.4 Å². The molecule has 5 heteroatoms. The molecule has 5 nitrogen and oxygen atoms in total. The normalized spacial score (nSPS) is 17.8. The van der Waals surface area contributed by atoms with Gasteiger partial charge in [-0.25, -0.2) is 0 Å². The maximum atomic E-state index is 12.9. The first-order valence-corrected chi connectivity index (χ1v) is 10.4. The van der Waals surface area contributed by atoms with Crippen LogP contribution in [0, 0.1) is 0 Å². The van der Waals surface area contributed by atoms with Gasteiger partial charge in [0.2, 0.25) is 0 Å². The van der Waals surface area contributed by atoms with Crippen molar-refractivity contribution < 1.29 is 14.7 Å². The van der Waals surface area contributed by atoms with Gasteiger partial charge in [-0.3, -0.25) is 9.59 Å². The van der Waals surface area contributed by atoms with Crippen molar-refractivity contribution in [1.29, 1.82) is 0 Å². The van der Waals surface area contributed by atoms with Gasteiger partial charge >= 0.3 is 0 Å². The SMILES string of the molecule is O=C(c1ccc(-c2cccc3ccccc23)cc1)N1CCN(C(=O)C2(O)CC2)CC1. The van der Waals surface area contributed by atoms with Crippen LogP contribution in [0.2, 0.25) is 0 Å². The molecule has 2 fully saturated rings. The van der Waals surface area contributed by atoms with E-state index in [4.69, 9.17) is 0 Å². The van der Waals surface area contributed by atoms with Gasteiger partial charge in [0.25, 0.3) is 11.8 Å². The summed E-state index contributed by atoms with van der Waals surface area (Å²) in [6.07, 6.45) is 1.10. The Morgan fingerprint density at radius 3 is 2.10 bits per heavy atom. The standard InChI is InChI=1S/C25H24N2O3/c28-23(26-14-16-27(17-15-26)24(29)25(30)12-13-25)20-10-8-19(9-11-20)22-7-3-5-18-4-1-2-6-21(18)22/h1-11,30H,12-17H2. The van der Waals surface area contributed by atoms with Crippen LogP contribution >= 0.6 is 0 Å². The van der Waals surface area contributed by atoms with E-state index in [0.717, 1.165) is 11.1 Å². The van der Waals surface area contributed by atoms with Crippen LogP contribution in [0.1, 0.15) is 23.2 Å². The number of hydrogen-bond acceptors (Lipinski definition) is 3. The lowest BCUT2D eigenvalue weighted by Crippen LogP contribution is -2.53. The van der Waals surface area contributed by atoms with E-state index in [9.17, 15) is 14.7 Å². The molecule has 1 aliphatic heterocycles. The summed E-state index contributed by atoms with van der Waals surface area (Å²) in [5.41, 5.74) is 1.75. The first-order valence-electron chi connectivity index (χ1n) is 10.4. The Kier molecular flexibility index (Phi) is 4.55. The highest BCUT2D eigenvalue weighted by Crippen LogP contribution is 2.37. The predicted octanol–water partition coefficient (Wildman–Crippen LogP) is 3.32. The lowest BCUT2D eigenvalue weighted by atomic mass is 9.97. The minimum atomic E-state index is -1.14. The summed E-state index contributed by atoms with van der Waals surface area (Å²) in [5, 5.41) is 12.4. The lowest BCUT2D eigenvalue weighted by molar-refractivity contribution is -0.143. The zero-order chi connectivity index (χ0) is 20.7. The van der Waals surface area contributed by atoms with Gasteiger partial charge in [-0.05, 0) is 46.9 Å². The summed E-state index contributed by atoms with van der Waals surface area (Å²) in [6, 6.07) is 22.3. The molecule has 30 heavy (non-hydrogen) atoms. The van der Waals surface area contributed by atoms with Crippen molar-refractivity contribution in [3.63, 3.8) is 0 Å². The van der Waals surface area contributed by atoms with E-state index in [-0.39, 0.29) is 11.8 Å². The van der Waals surface area contributed by atoms with Gasteiger partial charge in [0, 0.05) is 31.7 Å². The molecule has 2 amide bonds. The maximum Gasteiger partial charge on any atom is 0.254 e. The summed E-state index contributed by atoms with van der Waals surface area (Å²) < 4.78 is 0. The number of benzene rings is 3. The highest BCUT2D eigenvalue weighted by Gasteiger charge is 2.50. The summed E-state index contributed by atoms with van der Waals surface area (Å²) in [6.45, 7) is 1.93. The Labute approximate surface area is 175 Å². The average Bonchev–Trinajstić information content (AvgIpc) is 3.56. The molecule has 0 atom stereocenters. The second-order valence-corrected chi connectivity index (χ2v) is 8.22. The predicted molar refractivity (Wildman–Crippen MR) is 116 cm³/mol. The number of aliphatic hydroxyl groups is 1. The van der Waals surface area contributed by atoms with Gasteiger partial charge in [-0.1, -0.05) is 54.6 Å². The number of hydrogen-bond donors (Lipinski definition) is 1. The van der Waals surface area contributed by atoms with E-state index in [2.05, 4.69) is 30.3 Å². The van der Waals surface area contributed by atoms with Gasteiger partial charge in [-0.2, -0.15) is 0 Å². The molecule has 1 saturated heterocycles. The number of rotatable bonds is 3. The highest BCUT2D eigenvalue weighted by atomic mass is 16.3. The third kappa shape index (κ3) is 3.35. The van der Waals surface area contributed by atoms with Gasteiger partial charge in [-0.15, -0.1) is 0 Å². The van der Waals surface area contributed by atoms with Crippen molar-refractivity contribution in [3.05, 3.63) is 72.3 Å². The van der Waals surface area contributed by atoms with E-state index in [1.165, 1.54) is 10.8 Å². The summed E-state index contributed by atoms with van der Waals surface area (Å²) in [7, 11) is 0. The molecule has 0 bridgehead atoms. The number of amides is 2. The van der Waals surface area contributed by atoms with E-state index < -0.39 is 5.60 Å². The molecule has 0 aromatic heterocycles. The van der Waals surface area contributed by atoms with E-state index in [1.54, 1.807) is 9.80 Å². The molecule has 1 aliphatic carbocycles. The fourth-order valence-corrected chi connectivity index (χ4v) is 4.19. The van der Waals surface area contributed by atoms with Crippen LogP contribution in [0.25, 0.3) is 21.9 Å². The highest BCUT2D eigenvalue weighted by molar-refractivity contribution is 5.98. The van der Waals surface area contributed by atoms with E-state index in [0.29, 0.717) is 44.6 Å². The molecular weight excluding hydrogens is 376 g/mol. The molecule has 152 valence electrons. The van der Waals surface area contributed by atoms with Crippen molar-refractivity contribution in [2.45, 2.75) is 18.4 Å². The third-order valence-electron chi connectivity index (χ3n) is 6.21. The average molecular weight is 400 g/mol. The Bertz CT molecular complexity index is 1110. The van der Waals surface area contributed by atoms with Crippen LogP contribution in [-0.2, 0) is 4.79 Å². The molecular formula is C25H24N2O3. The molecule has 1 saturated carbocycles. The van der Waals surface area contributed by atoms with Gasteiger partial charge in [0.1, 0.15) is 5.60 Å². The van der Waals surface area contributed by atoms with Gasteiger partial charge in [0.15, 0.2) is 0 Å². The number of carbonyl (C=O) groups is 2. The fourth-order valence-electron chi connectivity index (χ4n) is 4.19. The molecule has 1 heterocycles. The van der Waals surface area contributed by atoms with Crippen molar-refractivity contribution >= 4 is 22.6 Å². The first-order chi connectivity index (χ1) is 14.5. The molecule has 5 rings (SSSR count). The molecule has 3 aromatic carbocycles. The first kappa shape index (κ1) is 18.8. The Hall–Kier alpha value is -3.18. The topological polar surface area (TPSA) is 60.9 Å². The van der Waals surface area contributed by atoms with Crippen molar-refractivity contribution in [2.75, 3.05) is 26.2 Å². The molecule has 2 aliphatic rings. The van der Waals surface area contributed by atoms with Crippen LogP contribution in [0.3, 0.4) is 0 Å². The summed E-state index contributed by atoms with van der Waals surface area (Å²) >= 11 is 0. The monoisotopic (exact) mass is 400 g/mol. The van der Waals surface area contributed by atoms with Crippen molar-refractivity contribution in [2.24, 2.45) is 0 Å². The van der Waals surface area contributed by atoms with Crippen LogP contribution in [0.4, 0.5) is 0 Å². The van der Waals surface area contributed by atoms with Gasteiger partial charge < -0.3 is 14.9 Å². The molecule has 0 spiro atoms. The number of fused-ring (bicyclic) bond motifs is 1. The van der Waals surface area contributed by atoms with Crippen LogP contribution < -0.4 is 0 Å². The second-order valence-electron chi connectivity index (χ2n) is 8.22. The summed E-state index contributed by atoms with van der Waals surface area (Å²) in [5.74, 6) is -0.203. The number of carbonyl (C=O) groups excluding carboxylic acids is 2. The largest absolute Gasteiger partial charge is 0.380 e. The van der Waals surface area contributed by atoms with Gasteiger partial charge in [0.05, 0.1) is 0 Å². The second kappa shape index (κ2) is 7.26. The number of piperazine rings is 1. The Morgan fingerprint density at radius 1 is 0.767 bits per heavy atom. The maximum absolute atomic E-state index is 12.9. The lowest BCUT2D eigenvalue weighted by Gasteiger charge is -2.35. The zero-order valence-electron chi connectivity index (χ0n) is 16.8. The number of nitrogens with zero attached hydrogens (tertiary/aromatic N) is 2. The minimum absolute atomic E-state index is 0.0169. The van der Waals surface area contributed by atoms with Crippen LogP contribution in [0.15, 0.2) is 66.7 Å². The quantitative estimate of drug-likeness (QED) is 0.734. The van der Waals surface area contributed by atoms with Crippen molar-refractivity contribution in [3.8, 4) is 11.1 Å². The Balaban J connectivity index is 1.29. The third-order valence-corrected chi connectivity index (χ3v) is 6.21. The molecule has 0 unspecified atom stereocenters. The smallest absolute Gasteiger partial charge is 0.254 e. The van der Waals surface area contributed by atoms with E-state index >= 15 is 0 Å². The zero-order valence-corrected chi connectivity index (χ0v) is 16.8. The molecule has 0 radical (unpaired) electrons. The van der Waals surface area contributed by atoms with Crippen LogP contribution in [0.5, 0.6) is 0 Å².